The molecule has 0 saturated heterocycles. The molecule has 1 aromatic rings. The van der Waals surface area contributed by atoms with Crippen LogP contribution in [0.1, 0.15) is 30.6 Å². The van der Waals surface area contributed by atoms with Crippen LogP contribution in [0.5, 0.6) is 0 Å². The summed E-state index contributed by atoms with van der Waals surface area (Å²) in [5.74, 6) is -0.374. The second kappa shape index (κ2) is 7.94. The van der Waals surface area contributed by atoms with Crippen molar-refractivity contribution in [3.8, 4) is 0 Å². The number of carbonyl (C=O) groups excluding carboxylic acids is 1. The van der Waals surface area contributed by atoms with E-state index in [4.69, 9.17) is 10.5 Å². The Balaban J connectivity index is 2.69. The molecule has 1 aromatic carbocycles. The SMILES string of the molecule is CCOC(=O)c1cccc(NCCC(C)SC)c1N. The number of nitrogens with two attached hydrogens (primary N) is 1. The summed E-state index contributed by atoms with van der Waals surface area (Å²) in [6.45, 7) is 5.14. The molecule has 0 heterocycles. The number of carbonyl (C=O) groups is 1. The highest BCUT2D eigenvalue weighted by molar-refractivity contribution is 7.99. The highest BCUT2D eigenvalue weighted by Gasteiger charge is 2.13. The summed E-state index contributed by atoms with van der Waals surface area (Å²) in [5, 5.41) is 3.87. The molecule has 19 heavy (non-hydrogen) atoms. The van der Waals surface area contributed by atoms with Gasteiger partial charge in [0, 0.05) is 11.8 Å². The number of ether oxygens (including phenoxy) is 1. The van der Waals surface area contributed by atoms with Crippen molar-refractivity contribution in [2.24, 2.45) is 0 Å². The topological polar surface area (TPSA) is 64.3 Å². The Bertz CT molecular complexity index is 424. The fourth-order valence-corrected chi connectivity index (χ4v) is 1.99. The lowest BCUT2D eigenvalue weighted by molar-refractivity contribution is 0.0527. The van der Waals surface area contributed by atoms with Gasteiger partial charge in [0.1, 0.15) is 0 Å². The van der Waals surface area contributed by atoms with Crippen molar-refractivity contribution in [2.75, 3.05) is 30.5 Å². The van der Waals surface area contributed by atoms with Crippen LogP contribution in [0.15, 0.2) is 18.2 Å². The minimum Gasteiger partial charge on any atom is -0.462 e. The molecule has 0 aromatic heterocycles. The fraction of sp³-hybridized carbons (Fsp3) is 0.500. The van der Waals surface area contributed by atoms with Crippen LogP contribution in [0.3, 0.4) is 0 Å². The summed E-state index contributed by atoms with van der Waals surface area (Å²) in [6.07, 6.45) is 3.14. The maximum absolute atomic E-state index is 11.7. The number of hydrogen-bond donors (Lipinski definition) is 2. The van der Waals surface area contributed by atoms with Gasteiger partial charge in [-0.2, -0.15) is 11.8 Å². The summed E-state index contributed by atoms with van der Waals surface area (Å²) >= 11 is 1.83. The van der Waals surface area contributed by atoms with Crippen molar-refractivity contribution in [3.05, 3.63) is 23.8 Å². The van der Waals surface area contributed by atoms with Gasteiger partial charge in [-0.1, -0.05) is 13.0 Å². The lowest BCUT2D eigenvalue weighted by Gasteiger charge is -2.14. The van der Waals surface area contributed by atoms with Gasteiger partial charge in [0.25, 0.3) is 0 Å². The Morgan fingerprint density at radius 1 is 1.53 bits per heavy atom. The number of esters is 1. The molecule has 0 aliphatic rings. The maximum Gasteiger partial charge on any atom is 0.340 e. The first-order valence-corrected chi connectivity index (χ1v) is 7.71. The lowest BCUT2D eigenvalue weighted by Crippen LogP contribution is -2.12. The van der Waals surface area contributed by atoms with Crippen molar-refractivity contribution in [1.29, 1.82) is 0 Å². The zero-order valence-corrected chi connectivity index (χ0v) is 12.5. The van der Waals surface area contributed by atoms with Gasteiger partial charge in [0.05, 0.1) is 23.5 Å². The van der Waals surface area contributed by atoms with Crippen LogP contribution in [0.25, 0.3) is 0 Å². The maximum atomic E-state index is 11.7. The van der Waals surface area contributed by atoms with E-state index in [1.807, 2.05) is 23.9 Å². The average Bonchev–Trinajstić information content (AvgIpc) is 2.40. The fourth-order valence-electron chi connectivity index (χ4n) is 1.63. The van der Waals surface area contributed by atoms with Crippen molar-refractivity contribution in [1.82, 2.24) is 0 Å². The van der Waals surface area contributed by atoms with Crippen LogP contribution in [0, 0.1) is 0 Å². The Kier molecular flexibility index (Phi) is 6.56. The number of nitrogen functional groups attached to an aromatic ring is 1. The molecule has 0 radical (unpaired) electrons. The van der Waals surface area contributed by atoms with Gasteiger partial charge in [-0.25, -0.2) is 4.79 Å². The highest BCUT2D eigenvalue weighted by atomic mass is 32.2. The first kappa shape index (κ1) is 15.7. The Morgan fingerprint density at radius 3 is 2.89 bits per heavy atom. The van der Waals surface area contributed by atoms with Crippen LogP contribution < -0.4 is 11.1 Å². The van der Waals surface area contributed by atoms with Gasteiger partial charge in [0.15, 0.2) is 0 Å². The first-order valence-electron chi connectivity index (χ1n) is 6.42. The second-order valence-electron chi connectivity index (χ2n) is 4.25. The van der Waals surface area contributed by atoms with E-state index in [9.17, 15) is 4.79 Å². The minimum atomic E-state index is -0.374. The zero-order valence-electron chi connectivity index (χ0n) is 11.7. The molecule has 5 heteroatoms. The summed E-state index contributed by atoms with van der Waals surface area (Å²) < 4.78 is 4.97. The first-order chi connectivity index (χ1) is 9.10. The molecule has 1 atom stereocenters. The Labute approximate surface area is 119 Å². The molecule has 1 rings (SSSR count). The van der Waals surface area contributed by atoms with Gasteiger partial charge >= 0.3 is 5.97 Å². The molecule has 1 unspecified atom stereocenters. The summed E-state index contributed by atoms with van der Waals surface area (Å²) in [5.41, 5.74) is 7.66. The smallest absolute Gasteiger partial charge is 0.340 e. The largest absolute Gasteiger partial charge is 0.462 e. The van der Waals surface area contributed by atoms with Crippen molar-refractivity contribution in [3.63, 3.8) is 0 Å². The standard InChI is InChI=1S/C14H22N2O2S/c1-4-18-14(17)11-6-5-7-12(13(11)15)16-9-8-10(2)19-3/h5-7,10,16H,4,8-9,15H2,1-3H3. The van der Waals surface area contributed by atoms with Crippen LogP contribution in [-0.4, -0.2) is 30.6 Å². The van der Waals surface area contributed by atoms with Crippen LogP contribution in [0.4, 0.5) is 11.4 Å². The number of rotatable bonds is 7. The quantitative estimate of drug-likeness (QED) is 0.594. The normalized spacial score (nSPS) is 11.9. The van der Waals surface area contributed by atoms with Crippen LogP contribution in [-0.2, 0) is 4.74 Å². The monoisotopic (exact) mass is 282 g/mol. The molecule has 3 N–H and O–H groups in total. The van der Waals surface area contributed by atoms with Crippen molar-refractivity contribution in [2.45, 2.75) is 25.5 Å². The van der Waals surface area contributed by atoms with E-state index in [1.54, 1.807) is 13.0 Å². The summed E-state index contributed by atoms with van der Waals surface area (Å²) in [7, 11) is 0. The zero-order chi connectivity index (χ0) is 14.3. The summed E-state index contributed by atoms with van der Waals surface area (Å²) in [6, 6.07) is 5.37. The molecule has 0 fully saturated rings. The van der Waals surface area contributed by atoms with Gasteiger partial charge in [0.2, 0.25) is 0 Å². The molecule has 0 saturated carbocycles. The third kappa shape index (κ3) is 4.67. The number of para-hydroxylation sites is 1. The minimum absolute atomic E-state index is 0.348. The van der Waals surface area contributed by atoms with E-state index in [-0.39, 0.29) is 5.97 Å². The van der Waals surface area contributed by atoms with E-state index < -0.39 is 0 Å². The van der Waals surface area contributed by atoms with Crippen molar-refractivity contribution < 1.29 is 9.53 Å². The number of hydrogen-bond acceptors (Lipinski definition) is 5. The van der Waals surface area contributed by atoms with Crippen molar-refractivity contribution >= 4 is 29.1 Å². The van der Waals surface area contributed by atoms with E-state index in [2.05, 4.69) is 18.5 Å². The average molecular weight is 282 g/mol. The third-order valence-corrected chi connectivity index (χ3v) is 3.91. The Hall–Kier alpha value is -1.36. The molecule has 0 amide bonds. The molecule has 0 aliphatic heterocycles. The molecule has 0 aliphatic carbocycles. The molecule has 0 bridgehead atoms. The number of thioether (sulfide) groups is 1. The lowest BCUT2D eigenvalue weighted by atomic mass is 10.1. The number of nitrogens with one attached hydrogen (secondary N) is 1. The predicted molar refractivity (Wildman–Crippen MR) is 82.9 cm³/mol. The molecule has 106 valence electrons. The molecular weight excluding hydrogens is 260 g/mol. The van der Waals surface area contributed by atoms with Gasteiger partial charge in [-0.15, -0.1) is 0 Å². The van der Waals surface area contributed by atoms with E-state index >= 15 is 0 Å². The van der Waals surface area contributed by atoms with Crippen LogP contribution in [0.2, 0.25) is 0 Å². The van der Waals surface area contributed by atoms with Gasteiger partial charge in [-0.05, 0) is 31.7 Å². The van der Waals surface area contributed by atoms with Gasteiger partial charge in [-0.3, -0.25) is 0 Å². The van der Waals surface area contributed by atoms with E-state index in [1.165, 1.54) is 0 Å². The highest BCUT2D eigenvalue weighted by Crippen LogP contribution is 2.23. The molecule has 0 spiro atoms. The molecular formula is C14H22N2O2S. The second-order valence-corrected chi connectivity index (χ2v) is 5.53. The number of anilines is 2. The Morgan fingerprint density at radius 2 is 2.26 bits per heavy atom. The van der Waals surface area contributed by atoms with Crippen LogP contribution >= 0.6 is 11.8 Å². The molecule has 4 nitrogen and oxygen atoms in total. The van der Waals surface area contributed by atoms with E-state index in [0.717, 1.165) is 18.7 Å². The van der Waals surface area contributed by atoms with Gasteiger partial charge < -0.3 is 15.8 Å². The third-order valence-electron chi connectivity index (χ3n) is 2.87. The number of benzene rings is 1. The summed E-state index contributed by atoms with van der Waals surface area (Å²) in [4.78, 5) is 11.7. The predicted octanol–water partition coefficient (Wildman–Crippen LogP) is 3.00. The van der Waals surface area contributed by atoms with E-state index in [0.29, 0.717) is 23.1 Å².